The number of rotatable bonds is 5. The number of carbonyl (C=O) groups excluding carboxylic acids is 1. The maximum absolute atomic E-state index is 12.3. The number of nitrogens with one attached hydrogen (secondary N) is 1. The predicted molar refractivity (Wildman–Crippen MR) is 80.8 cm³/mol. The summed E-state index contributed by atoms with van der Waals surface area (Å²) >= 11 is 0. The highest BCUT2D eigenvalue weighted by molar-refractivity contribution is 5.82. The Bertz CT molecular complexity index is 467. The third-order valence-electron chi connectivity index (χ3n) is 4.23. The van der Waals surface area contributed by atoms with Gasteiger partial charge in [-0.05, 0) is 37.0 Å². The van der Waals surface area contributed by atoms with Crippen LogP contribution in [0.1, 0.15) is 37.7 Å². The fourth-order valence-corrected chi connectivity index (χ4v) is 2.88. The SMILES string of the molecule is N[C@H](Cc1ccc(O)cc1)C(=O)NC1(CO)CCCCC1. The molecule has 0 saturated heterocycles. The van der Waals surface area contributed by atoms with Crippen molar-refractivity contribution in [1.82, 2.24) is 5.32 Å². The molecule has 1 aromatic rings. The molecule has 0 unspecified atom stereocenters. The second-order valence-electron chi connectivity index (χ2n) is 5.97. The molecule has 0 spiro atoms. The number of amides is 1. The van der Waals surface area contributed by atoms with Crippen LogP contribution < -0.4 is 11.1 Å². The predicted octanol–water partition coefficient (Wildman–Crippen LogP) is 1.07. The van der Waals surface area contributed by atoms with Gasteiger partial charge in [0.05, 0.1) is 18.2 Å². The van der Waals surface area contributed by atoms with E-state index in [4.69, 9.17) is 5.73 Å². The van der Waals surface area contributed by atoms with Gasteiger partial charge in [-0.1, -0.05) is 31.4 Å². The molecule has 0 bridgehead atoms. The third-order valence-corrected chi connectivity index (χ3v) is 4.23. The Kier molecular flexibility index (Phi) is 5.20. The van der Waals surface area contributed by atoms with E-state index >= 15 is 0 Å². The standard InChI is InChI=1S/C16H24N2O3/c17-14(10-12-4-6-13(20)7-5-12)15(21)18-16(11-19)8-2-1-3-9-16/h4-7,14,19-20H,1-3,8-11,17H2,(H,18,21)/t14-/m1/s1. The lowest BCUT2D eigenvalue weighted by molar-refractivity contribution is -0.125. The molecule has 5 nitrogen and oxygen atoms in total. The van der Waals surface area contributed by atoms with Gasteiger partial charge < -0.3 is 21.3 Å². The molecule has 1 fully saturated rings. The lowest BCUT2D eigenvalue weighted by Gasteiger charge is -2.37. The van der Waals surface area contributed by atoms with Crippen LogP contribution >= 0.6 is 0 Å². The van der Waals surface area contributed by atoms with Gasteiger partial charge in [0, 0.05) is 0 Å². The van der Waals surface area contributed by atoms with Crippen molar-refractivity contribution < 1.29 is 15.0 Å². The maximum atomic E-state index is 12.3. The van der Waals surface area contributed by atoms with Crippen LogP contribution in [0.3, 0.4) is 0 Å². The largest absolute Gasteiger partial charge is 0.508 e. The second kappa shape index (κ2) is 6.91. The van der Waals surface area contributed by atoms with Gasteiger partial charge >= 0.3 is 0 Å². The molecule has 1 atom stereocenters. The number of phenols is 1. The van der Waals surface area contributed by atoms with Gasteiger partial charge in [-0.2, -0.15) is 0 Å². The van der Waals surface area contributed by atoms with Gasteiger partial charge in [0.2, 0.25) is 5.91 Å². The van der Waals surface area contributed by atoms with Crippen LogP contribution in [0.15, 0.2) is 24.3 Å². The summed E-state index contributed by atoms with van der Waals surface area (Å²) < 4.78 is 0. The maximum Gasteiger partial charge on any atom is 0.237 e. The quantitative estimate of drug-likeness (QED) is 0.653. The van der Waals surface area contributed by atoms with Gasteiger partial charge in [-0.25, -0.2) is 0 Å². The van der Waals surface area contributed by atoms with E-state index in [2.05, 4.69) is 5.32 Å². The second-order valence-corrected chi connectivity index (χ2v) is 5.97. The van der Waals surface area contributed by atoms with Crippen molar-refractivity contribution in [2.24, 2.45) is 5.73 Å². The van der Waals surface area contributed by atoms with Crippen molar-refractivity contribution in [3.05, 3.63) is 29.8 Å². The summed E-state index contributed by atoms with van der Waals surface area (Å²) in [6.07, 6.45) is 5.22. The van der Waals surface area contributed by atoms with Crippen LogP contribution in [0.5, 0.6) is 5.75 Å². The molecule has 116 valence electrons. The topological polar surface area (TPSA) is 95.6 Å². The highest BCUT2D eigenvalue weighted by Gasteiger charge is 2.34. The third kappa shape index (κ3) is 4.19. The molecule has 0 heterocycles. The fraction of sp³-hybridized carbons (Fsp3) is 0.562. The molecule has 0 aliphatic heterocycles. The number of hydrogen-bond acceptors (Lipinski definition) is 4. The Labute approximate surface area is 125 Å². The van der Waals surface area contributed by atoms with Crippen LogP contribution in [-0.4, -0.2) is 34.3 Å². The molecule has 1 amide bonds. The van der Waals surface area contributed by atoms with E-state index in [0.717, 1.165) is 37.7 Å². The van der Waals surface area contributed by atoms with E-state index < -0.39 is 11.6 Å². The number of hydrogen-bond donors (Lipinski definition) is 4. The normalized spacial score (nSPS) is 19.0. The van der Waals surface area contributed by atoms with E-state index in [0.29, 0.717) is 6.42 Å². The van der Waals surface area contributed by atoms with Crippen LogP contribution in [0, 0.1) is 0 Å². The summed E-state index contributed by atoms with van der Waals surface area (Å²) in [6, 6.07) is 6.02. The van der Waals surface area contributed by atoms with Crippen molar-refractivity contribution in [1.29, 1.82) is 0 Å². The van der Waals surface area contributed by atoms with Crippen molar-refractivity contribution in [2.75, 3.05) is 6.61 Å². The molecule has 1 aromatic carbocycles. The van der Waals surface area contributed by atoms with Crippen LogP contribution in [0.4, 0.5) is 0 Å². The summed E-state index contributed by atoms with van der Waals surface area (Å²) in [5, 5.41) is 21.8. The molecule has 0 aromatic heterocycles. The van der Waals surface area contributed by atoms with Crippen molar-refractivity contribution in [3.63, 3.8) is 0 Å². The van der Waals surface area contributed by atoms with Gasteiger partial charge in [0.15, 0.2) is 0 Å². The molecule has 2 rings (SSSR count). The number of carbonyl (C=O) groups is 1. The van der Waals surface area contributed by atoms with Gasteiger partial charge in [0.1, 0.15) is 5.75 Å². The van der Waals surface area contributed by atoms with E-state index in [9.17, 15) is 15.0 Å². The summed E-state index contributed by atoms with van der Waals surface area (Å²) in [6.45, 7) is -0.0370. The molecular formula is C16H24N2O3. The van der Waals surface area contributed by atoms with Crippen molar-refractivity contribution in [2.45, 2.75) is 50.1 Å². The zero-order chi connectivity index (χ0) is 15.3. The smallest absolute Gasteiger partial charge is 0.237 e. The summed E-state index contributed by atoms with van der Waals surface area (Å²) in [4.78, 5) is 12.3. The summed E-state index contributed by atoms with van der Waals surface area (Å²) in [7, 11) is 0. The number of benzene rings is 1. The molecule has 1 saturated carbocycles. The lowest BCUT2D eigenvalue weighted by Crippen LogP contribution is -2.57. The molecule has 5 N–H and O–H groups in total. The number of aromatic hydroxyl groups is 1. The number of nitrogens with two attached hydrogens (primary N) is 1. The van der Waals surface area contributed by atoms with Crippen molar-refractivity contribution >= 4 is 5.91 Å². The summed E-state index contributed by atoms with van der Waals surface area (Å²) in [5.41, 5.74) is 6.36. The van der Waals surface area contributed by atoms with E-state index in [1.54, 1.807) is 24.3 Å². The first-order valence-electron chi connectivity index (χ1n) is 7.51. The molecule has 1 aliphatic carbocycles. The molecule has 21 heavy (non-hydrogen) atoms. The Morgan fingerprint density at radius 3 is 2.43 bits per heavy atom. The van der Waals surface area contributed by atoms with Gasteiger partial charge in [-0.3, -0.25) is 4.79 Å². The lowest BCUT2D eigenvalue weighted by atomic mass is 9.82. The Hall–Kier alpha value is -1.59. The summed E-state index contributed by atoms with van der Waals surface area (Å²) in [5.74, 6) is -0.0303. The zero-order valence-electron chi connectivity index (χ0n) is 12.2. The highest BCUT2D eigenvalue weighted by Crippen LogP contribution is 2.27. The first-order valence-corrected chi connectivity index (χ1v) is 7.51. The first-order chi connectivity index (χ1) is 10.0. The minimum atomic E-state index is -0.653. The van der Waals surface area contributed by atoms with E-state index in [1.165, 1.54) is 0 Å². The highest BCUT2D eigenvalue weighted by atomic mass is 16.3. The number of aliphatic hydroxyl groups excluding tert-OH is 1. The van der Waals surface area contributed by atoms with E-state index in [1.807, 2.05) is 0 Å². The van der Waals surface area contributed by atoms with Crippen LogP contribution in [0.2, 0.25) is 0 Å². The molecule has 0 radical (unpaired) electrons. The number of phenolic OH excluding ortho intramolecular Hbond substituents is 1. The fourth-order valence-electron chi connectivity index (χ4n) is 2.88. The van der Waals surface area contributed by atoms with E-state index in [-0.39, 0.29) is 18.3 Å². The van der Waals surface area contributed by atoms with Gasteiger partial charge in [0.25, 0.3) is 0 Å². The monoisotopic (exact) mass is 292 g/mol. The first kappa shape index (κ1) is 15.8. The minimum Gasteiger partial charge on any atom is -0.508 e. The van der Waals surface area contributed by atoms with Gasteiger partial charge in [-0.15, -0.1) is 0 Å². The van der Waals surface area contributed by atoms with Crippen LogP contribution in [-0.2, 0) is 11.2 Å². The average Bonchev–Trinajstić information content (AvgIpc) is 2.50. The molecule has 5 heteroatoms. The Balaban J connectivity index is 1.93. The van der Waals surface area contributed by atoms with Crippen LogP contribution in [0.25, 0.3) is 0 Å². The zero-order valence-corrected chi connectivity index (χ0v) is 12.2. The molecular weight excluding hydrogens is 268 g/mol. The Morgan fingerprint density at radius 2 is 1.86 bits per heavy atom. The number of aliphatic hydroxyl groups is 1. The van der Waals surface area contributed by atoms with Crippen molar-refractivity contribution in [3.8, 4) is 5.75 Å². The minimum absolute atomic E-state index is 0.0370. The molecule has 1 aliphatic rings. The Morgan fingerprint density at radius 1 is 1.24 bits per heavy atom. The average molecular weight is 292 g/mol.